The minimum Gasteiger partial charge on any atom is -0.310 e. The van der Waals surface area contributed by atoms with E-state index in [4.69, 9.17) is 11.6 Å². The second kappa shape index (κ2) is 6.52. The third-order valence-electron chi connectivity index (χ3n) is 3.55. The van der Waals surface area contributed by atoms with Crippen molar-refractivity contribution in [1.82, 2.24) is 14.8 Å². The summed E-state index contributed by atoms with van der Waals surface area (Å²) in [5, 5.41) is 9.04. The zero-order valence-corrected chi connectivity index (χ0v) is 14.0. The van der Waals surface area contributed by atoms with Crippen LogP contribution in [-0.2, 0) is 23.5 Å². The Morgan fingerprint density at radius 2 is 1.52 bits per heavy atom. The molecule has 0 fully saturated rings. The molecule has 0 aliphatic carbocycles. The van der Waals surface area contributed by atoms with Gasteiger partial charge in [-0.2, -0.15) is 0 Å². The van der Waals surface area contributed by atoms with E-state index in [2.05, 4.69) is 10.2 Å². The quantitative estimate of drug-likeness (QED) is 0.737. The van der Waals surface area contributed by atoms with E-state index in [0.29, 0.717) is 22.2 Å². The van der Waals surface area contributed by atoms with Gasteiger partial charge in [0.1, 0.15) is 10.7 Å². The molecule has 3 aromatic rings. The Morgan fingerprint density at radius 1 is 0.957 bits per heavy atom. The third-order valence-corrected chi connectivity index (χ3v) is 4.48. The summed E-state index contributed by atoms with van der Waals surface area (Å²) in [6.45, 7) is 0. The number of hydrogen-bond acceptors (Lipinski definition) is 4. The van der Waals surface area contributed by atoms with Crippen LogP contribution in [0.25, 0.3) is 22.8 Å². The zero-order chi connectivity index (χ0) is 16.4. The lowest BCUT2D eigenvalue weighted by Gasteiger charge is -2.08. The highest BCUT2D eigenvalue weighted by molar-refractivity contribution is 7.71. The molecule has 5 nitrogen and oxygen atoms in total. The van der Waals surface area contributed by atoms with Crippen molar-refractivity contribution < 1.29 is 8.42 Å². The molecule has 0 spiro atoms. The molecule has 0 saturated heterocycles. The summed E-state index contributed by atoms with van der Waals surface area (Å²) >= 11 is 6.22. The number of benzene rings is 2. The fourth-order valence-electron chi connectivity index (χ4n) is 2.46. The standard InChI is InChI=1S/C16H14ClN3O2S/c1-20-15(12-7-3-2-6-11(12)10-23(21)22)18-19-16(20)13-8-4-5-9-14(13)17/h2-9,23H,10H2,1H3. The Kier molecular flexibility index (Phi) is 4.45. The molecule has 3 rings (SSSR count). The molecule has 0 unspecified atom stereocenters. The largest absolute Gasteiger partial charge is 0.310 e. The molecule has 0 bridgehead atoms. The first-order valence-corrected chi connectivity index (χ1v) is 8.66. The van der Waals surface area contributed by atoms with Gasteiger partial charge in [-0.05, 0) is 17.7 Å². The van der Waals surface area contributed by atoms with Gasteiger partial charge in [-0.15, -0.1) is 10.2 Å². The Hall–Kier alpha value is -2.18. The van der Waals surface area contributed by atoms with E-state index in [0.717, 1.165) is 11.1 Å². The van der Waals surface area contributed by atoms with Crippen molar-refractivity contribution in [2.24, 2.45) is 7.05 Å². The van der Waals surface area contributed by atoms with E-state index in [1.54, 1.807) is 12.1 Å². The molecule has 0 radical (unpaired) electrons. The number of rotatable bonds is 4. The van der Waals surface area contributed by atoms with Crippen molar-refractivity contribution in [3.05, 3.63) is 59.1 Å². The van der Waals surface area contributed by atoms with Crippen LogP contribution in [0.3, 0.4) is 0 Å². The highest BCUT2D eigenvalue weighted by Crippen LogP contribution is 2.29. The van der Waals surface area contributed by atoms with Gasteiger partial charge in [0, 0.05) is 18.2 Å². The van der Waals surface area contributed by atoms with Crippen LogP contribution in [0, 0.1) is 0 Å². The van der Waals surface area contributed by atoms with E-state index in [9.17, 15) is 8.42 Å². The molecule has 2 aromatic carbocycles. The van der Waals surface area contributed by atoms with Crippen LogP contribution in [0.4, 0.5) is 0 Å². The fraction of sp³-hybridized carbons (Fsp3) is 0.125. The summed E-state index contributed by atoms with van der Waals surface area (Å²) in [6.07, 6.45) is 0. The lowest BCUT2D eigenvalue weighted by Crippen LogP contribution is -1.99. The van der Waals surface area contributed by atoms with E-state index >= 15 is 0 Å². The van der Waals surface area contributed by atoms with Crippen molar-refractivity contribution in [3.8, 4) is 22.8 Å². The Labute approximate surface area is 140 Å². The van der Waals surface area contributed by atoms with Gasteiger partial charge < -0.3 is 4.57 Å². The van der Waals surface area contributed by atoms with Gasteiger partial charge in [0.05, 0.1) is 10.8 Å². The molecule has 118 valence electrons. The van der Waals surface area contributed by atoms with Crippen molar-refractivity contribution in [3.63, 3.8) is 0 Å². The molecule has 1 aromatic heterocycles. The molecular weight excluding hydrogens is 334 g/mol. The normalized spacial score (nSPS) is 11.1. The van der Waals surface area contributed by atoms with Crippen molar-refractivity contribution >= 4 is 22.3 Å². The predicted molar refractivity (Wildman–Crippen MR) is 90.9 cm³/mol. The predicted octanol–water partition coefficient (Wildman–Crippen LogP) is 2.91. The average molecular weight is 348 g/mol. The summed E-state index contributed by atoms with van der Waals surface area (Å²) < 4.78 is 24.0. The molecule has 23 heavy (non-hydrogen) atoms. The highest BCUT2D eigenvalue weighted by Gasteiger charge is 2.16. The van der Waals surface area contributed by atoms with Gasteiger partial charge in [0.2, 0.25) is 0 Å². The van der Waals surface area contributed by atoms with Gasteiger partial charge in [0.25, 0.3) is 0 Å². The van der Waals surface area contributed by atoms with Crippen molar-refractivity contribution in [1.29, 1.82) is 0 Å². The van der Waals surface area contributed by atoms with Crippen LogP contribution in [0.2, 0.25) is 5.02 Å². The summed E-state index contributed by atoms with van der Waals surface area (Å²) in [6, 6.07) is 14.7. The number of hydrogen-bond donors (Lipinski definition) is 1. The smallest absolute Gasteiger partial charge is 0.165 e. The second-order valence-electron chi connectivity index (χ2n) is 5.03. The average Bonchev–Trinajstić information content (AvgIpc) is 2.89. The number of halogens is 1. The molecule has 0 saturated carbocycles. The maximum atomic E-state index is 11.1. The topological polar surface area (TPSA) is 64.8 Å². The molecule has 0 aliphatic heterocycles. The second-order valence-corrected chi connectivity index (χ2v) is 6.42. The molecular formula is C16H14ClN3O2S. The molecule has 0 atom stereocenters. The third kappa shape index (κ3) is 3.13. The van der Waals surface area contributed by atoms with Crippen LogP contribution >= 0.6 is 11.6 Å². The van der Waals surface area contributed by atoms with Crippen LogP contribution in [0.15, 0.2) is 48.5 Å². The first kappa shape index (κ1) is 15.7. The molecule has 1 heterocycles. The Morgan fingerprint density at radius 3 is 2.17 bits per heavy atom. The highest BCUT2D eigenvalue weighted by atomic mass is 35.5. The summed E-state index contributed by atoms with van der Waals surface area (Å²) in [7, 11) is -0.678. The summed E-state index contributed by atoms with van der Waals surface area (Å²) in [5.41, 5.74) is 2.23. The van der Waals surface area contributed by atoms with E-state index in [1.165, 1.54) is 0 Å². The minimum atomic E-state index is -2.51. The molecule has 0 amide bonds. The SMILES string of the molecule is Cn1c(-c2ccccc2Cl)nnc1-c1ccccc1C[SH](=O)=O. The Bertz CT molecular complexity index is 927. The lowest BCUT2D eigenvalue weighted by atomic mass is 10.1. The molecule has 7 heteroatoms. The molecule has 0 aliphatic rings. The Balaban J connectivity index is 2.12. The molecule has 0 N–H and O–H groups in total. The van der Waals surface area contributed by atoms with Gasteiger partial charge in [0.15, 0.2) is 11.6 Å². The minimum absolute atomic E-state index is 0.0280. The number of thiol groups is 1. The number of nitrogens with zero attached hydrogens (tertiary/aromatic N) is 3. The van der Waals surface area contributed by atoms with Crippen molar-refractivity contribution in [2.45, 2.75) is 5.75 Å². The first-order valence-electron chi connectivity index (χ1n) is 6.92. The van der Waals surface area contributed by atoms with Gasteiger partial charge in [-0.25, -0.2) is 8.42 Å². The fourth-order valence-corrected chi connectivity index (χ4v) is 3.23. The first-order chi connectivity index (χ1) is 11.1. The maximum absolute atomic E-state index is 11.1. The van der Waals surface area contributed by atoms with Crippen LogP contribution in [-0.4, -0.2) is 23.2 Å². The van der Waals surface area contributed by atoms with Crippen LogP contribution in [0.5, 0.6) is 0 Å². The van der Waals surface area contributed by atoms with Crippen LogP contribution < -0.4 is 0 Å². The summed E-state index contributed by atoms with van der Waals surface area (Å²) in [5.74, 6) is 1.21. The van der Waals surface area contributed by atoms with Crippen LogP contribution in [0.1, 0.15) is 5.56 Å². The van der Waals surface area contributed by atoms with E-state index in [-0.39, 0.29) is 5.75 Å². The van der Waals surface area contributed by atoms with E-state index in [1.807, 2.05) is 48.0 Å². The van der Waals surface area contributed by atoms with Crippen molar-refractivity contribution in [2.75, 3.05) is 0 Å². The number of aromatic nitrogens is 3. The lowest BCUT2D eigenvalue weighted by molar-refractivity contribution is 0.614. The van der Waals surface area contributed by atoms with Gasteiger partial charge >= 0.3 is 0 Å². The maximum Gasteiger partial charge on any atom is 0.165 e. The zero-order valence-electron chi connectivity index (χ0n) is 12.3. The van der Waals surface area contributed by atoms with Gasteiger partial charge in [-0.1, -0.05) is 48.0 Å². The summed E-state index contributed by atoms with van der Waals surface area (Å²) in [4.78, 5) is 0. The van der Waals surface area contributed by atoms with Gasteiger partial charge in [-0.3, -0.25) is 0 Å². The monoisotopic (exact) mass is 347 g/mol. The van der Waals surface area contributed by atoms with E-state index < -0.39 is 10.7 Å².